The topological polar surface area (TPSA) is 9.23 Å². The third-order valence-corrected chi connectivity index (χ3v) is 4.95. The van der Waals surface area contributed by atoms with Gasteiger partial charge in [0.05, 0.1) is 7.11 Å². The molecule has 0 spiro atoms. The third-order valence-electron chi connectivity index (χ3n) is 4.60. The number of allylic oxidation sites excluding steroid dienone is 2. The number of ether oxygens (including phenoxy) is 1. The van der Waals surface area contributed by atoms with Crippen LogP contribution in [0.25, 0.3) is 5.57 Å². The molecule has 1 aromatic carbocycles. The standard InChI is InChI=1S/C19H26ClFO/c1-3-4-5-6-7-14-8-10-15(11-9-14)16-12-13-17(22-2)18(20)19(16)21/h10,12-14H,3-9,11H2,1-2H3. The lowest BCUT2D eigenvalue weighted by Crippen LogP contribution is -2.06. The number of unbranched alkanes of at least 4 members (excludes halogenated alkanes) is 3. The Morgan fingerprint density at radius 3 is 2.73 bits per heavy atom. The van der Waals surface area contributed by atoms with Crippen LogP contribution in [0.1, 0.15) is 63.9 Å². The molecule has 0 saturated carbocycles. The van der Waals surface area contributed by atoms with Gasteiger partial charge in [-0.15, -0.1) is 0 Å². The number of hydrogen-bond donors (Lipinski definition) is 0. The lowest BCUT2D eigenvalue weighted by Gasteiger charge is -2.22. The van der Waals surface area contributed by atoms with Crippen molar-refractivity contribution in [2.24, 2.45) is 5.92 Å². The molecule has 0 bridgehead atoms. The molecular weight excluding hydrogens is 299 g/mol. The summed E-state index contributed by atoms with van der Waals surface area (Å²) in [5.74, 6) is 0.805. The molecule has 22 heavy (non-hydrogen) atoms. The van der Waals surface area contributed by atoms with Crippen LogP contribution in [0.2, 0.25) is 5.02 Å². The van der Waals surface area contributed by atoms with Gasteiger partial charge in [0.2, 0.25) is 0 Å². The van der Waals surface area contributed by atoms with E-state index in [2.05, 4.69) is 13.0 Å². The molecule has 0 fully saturated rings. The van der Waals surface area contributed by atoms with Crippen molar-refractivity contribution in [1.29, 1.82) is 0 Å². The molecule has 2 rings (SSSR count). The van der Waals surface area contributed by atoms with E-state index in [0.29, 0.717) is 11.3 Å². The summed E-state index contributed by atoms with van der Waals surface area (Å²) in [5, 5.41) is 0.0857. The maximum atomic E-state index is 14.4. The molecule has 0 radical (unpaired) electrons. The molecule has 1 nitrogen and oxygen atoms in total. The number of methoxy groups -OCH3 is 1. The largest absolute Gasteiger partial charge is 0.495 e. The Hall–Kier alpha value is -1.02. The lowest BCUT2D eigenvalue weighted by molar-refractivity contribution is 0.411. The van der Waals surface area contributed by atoms with Gasteiger partial charge in [-0.25, -0.2) is 4.39 Å². The fourth-order valence-corrected chi connectivity index (χ4v) is 3.43. The summed E-state index contributed by atoms with van der Waals surface area (Å²) in [6, 6.07) is 3.53. The van der Waals surface area contributed by atoms with Gasteiger partial charge in [-0.05, 0) is 42.9 Å². The van der Waals surface area contributed by atoms with Crippen LogP contribution in [0, 0.1) is 11.7 Å². The van der Waals surface area contributed by atoms with E-state index in [1.54, 1.807) is 12.1 Å². The first-order chi connectivity index (χ1) is 10.7. The van der Waals surface area contributed by atoms with E-state index in [9.17, 15) is 4.39 Å². The fraction of sp³-hybridized carbons (Fsp3) is 0.579. The molecule has 0 heterocycles. The molecular formula is C19H26ClFO. The van der Waals surface area contributed by atoms with Gasteiger partial charge in [0, 0.05) is 5.56 Å². The second-order valence-electron chi connectivity index (χ2n) is 6.16. The van der Waals surface area contributed by atoms with Crippen molar-refractivity contribution in [2.45, 2.75) is 58.3 Å². The van der Waals surface area contributed by atoms with E-state index >= 15 is 0 Å². The normalized spacial score (nSPS) is 18.2. The molecule has 1 atom stereocenters. The lowest BCUT2D eigenvalue weighted by atomic mass is 9.83. The van der Waals surface area contributed by atoms with Crippen molar-refractivity contribution < 1.29 is 9.13 Å². The summed E-state index contributed by atoms with van der Waals surface area (Å²) in [4.78, 5) is 0. The Kier molecular flexibility index (Phi) is 6.75. The van der Waals surface area contributed by atoms with Crippen molar-refractivity contribution in [3.8, 4) is 5.75 Å². The first-order valence-corrected chi connectivity index (χ1v) is 8.76. The van der Waals surface area contributed by atoms with Gasteiger partial charge in [0.15, 0.2) is 5.82 Å². The Morgan fingerprint density at radius 2 is 2.09 bits per heavy atom. The van der Waals surface area contributed by atoms with Crippen LogP contribution in [-0.2, 0) is 0 Å². The number of hydrogen-bond acceptors (Lipinski definition) is 1. The summed E-state index contributed by atoms with van der Waals surface area (Å²) in [6.07, 6.45) is 11.9. The summed E-state index contributed by atoms with van der Waals surface area (Å²) >= 11 is 6.02. The zero-order chi connectivity index (χ0) is 15.9. The van der Waals surface area contributed by atoms with Gasteiger partial charge < -0.3 is 4.74 Å². The van der Waals surface area contributed by atoms with Gasteiger partial charge in [-0.3, -0.25) is 0 Å². The predicted octanol–water partition coefficient (Wildman–Crippen LogP) is 6.64. The van der Waals surface area contributed by atoms with Gasteiger partial charge in [-0.1, -0.05) is 56.7 Å². The Balaban J connectivity index is 1.98. The first kappa shape index (κ1) is 17.3. The molecule has 1 aliphatic rings. The molecule has 0 saturated heterocycles. The highest BCUT2D eigenvalue weighted by Gasteiger charge is 2.19. The van der Waals surface area contributed by atoms with Crippen molar-refractivity contribution >= 4 is 17.2 Å². The van der Waals surface area contributed by atoms with E-state index in [0.717, 1.165) is 30.8 Å². The second kappa shape index (κ2) is 8.57. The van der Waals surface area contributed by atoms with Crippen molar-refractivity contribution in [3.05, 3.63) is 34.6 Å². The highest BCUT2D eigenvalue weighted by Crippen LogP contribution is 2.37. The third kappa shape index (κ3) is 4.25. The minimum Gasteiger partial charge on any atom is -0.495 e. The summed E-state index contributed by atoms with van der Waals surface area (Å²) in [6.45, 7) is 2.24. The highest BCUT2D eigenvalue weighted by atomic mass is 35.5. The van der Waals surface area contributed by atoms with E-state index in [1.165, 1.54) is 39.2 Å². The number of benzene rings is 1. The summed E-state index contributed by atoms with van der Waals surface area (Å²) in [5.41, 5.74) is 1.72. The minimum atomic E-state index is -0.353. The molecule has 0 amide bonds. The molecule has 3 heteroatoms. The van der Waals surface area contributed by atoms with Gasteiger partial charge in [0.25, 0.3) is 0 Å². The van der Waals surface area contributed by atoms with Gasteiger partial charge >= 0.3 is 0 Å². The zero-order valence-electron chi connectivity index (χ0n) is 13.6. The number of rotatable bonds is 7. The maximum Gasteiger partial charge on any atom is 0.153 e. The van der Waals surface area contributed by atoms with E-state index in [4.69, 9.17) is 16.3 Å². The molecule has 1 aromatic rings. The Morgan fingerprint density at radius 1 is 1.27 bits per heavy atom. The Labute approximate surface area is 138 Å². The van der Waals surface area contributed by atoms with E-state index < -0.39 is 0 Å². The predicted molar refractivity (Wildman–Crippen MR) is 92.0 cm³/mol. The minimum absolute atomic E-state index is 0.0857. The molecule has 0 N–H and O–H groups in total. The first-order valence-electron chi connectivity index (χ1n) is 8.38. The summed E-state index contributed by atoms with van der Waals surface area (Å²) < 4.78 is 19.4. The fourth-order valence-electron chi connectivity index (χ4n) is 3.19. The van der Waals surface area contributed by atoms with Crippen LogP contribution in [0.3, 0.4) is 0 Å². The molecule has 0 aromatic heterocycles. The van der Waals surface area contributed by atoms with E-state index in [1.807, 2.05) is 0 Å². The van der Waals surface area contributed by atoms with Crippen LogP contribution in [0.5, 0.6) is 5.75 Å². The number of halogens is 2. The average Bonchev–Trinajstić information content (AvgIpc) is 2.55. The zero-order valence-corrected chi connectivity index (χ0v) is 14.4. The average molecular weight is 325 g/mol. The van der Waals surface area contributed by atoms with Gasteiger partial charge in [0.1, 0.15) is 10.8 Å². The van der Waals surface area contributed by atoms with Crippen molar-refractivity contribution in [3.63, 3.8) is 0 Å². The Bertz CT molecular complexity index is 524. The van der Waals surface area contributed by atoms with Crippen LogP contribution >= 0.6 is 11.6 Å². The second-order valence-corrected chi connectivity index (χ2v) is 6.54. The molecule has 122 valence electrons. The van der Waals surface area contributed by atoms with Crippen LogP contribution in [-0.4, -0.2) is 7.11 Å². The molecule has 0 aliphatic heterocycles. The summed E-state index contributed by atoms with van der Waals surface area (Å²) in [7, 11) is 1.50. The van der Waals surface area contributed by atoms with E-state index in [-0.39, 0.29) is 10.8 Å². The monoisotopic (exact) mass is 324 g/mol. The van der Waals surface area contributed by atoms with Crippen molar-refractivity contribution in [1.82, 2.24) is 0 Å². The van der Waals surface area contributed by atoms with Crippen molar-refractivity contribution in [2.75, 3.05) is 7.11 Å². The molecule has 1 unspecified atom stereocenters. The highest BCUT2D eigenvalue weighted by molar-refractivity contribution is 6.32. The smallest absolute Gasteiger partial charge is 0.153 e. The maximum absolute atomic E-state index is 14.4. The van der Waals surface area contributed by atoms with Gasteiger partial charge in [-0.2, -0.15) is 0 Å². The van der Waals surface area contributed by atoms with Crippen LogP contribution < -0.4 is 4.74 Å². The SMILES string of the molecule is CCCCCCC1CC=C(c2ccc(OC)c(Cl)c2F)CC1. The van der Waals surface area contributed by atoms with Crippen LogP contribution in [0.15, 0.2) is 18.2 Å². The molecule has 1 aliphatic carbocycles. The van der Waals surface area contributed by atoms with Crippen LogP contribution in [0.4, 0.5) is 4.39 Å². The quantitative estimate of drug-likeness (QED) is 0.511.